The van der Waals surface area contributed by atoms with Gasteiger partial charge < -0.3 is 19.9 Å². The Hall–Kier alpha value is -1.59. The molecule has 112 valence electrons. The van der Waals surface area contributed by atoms with Crippen molar-refractivity contribution in [3.05, 3.63) is 29.8 Å². The summed E-state index contributed by atoms with van der Waals surface area (Å²) in [6.45, 7) is 3.16. The second-order valence-electron chi connectivity index (χ2n) is 4.50. The summed E-state index contributed by atoms with van der Waals surface area (Å²) in [7, 11) is 1.36. The number of hydrogen-bond donors (Lipinski definition) is 2. The summed E-state index contributed by atoms with van der Waals surface area (Å²) in [5, 5.41) is 12.7. The minimum absolute atomic E-state index is 0.221. The van der Waals surface area contributed by atoms with Gasteiger partial charge in [0, 0.05) is 13.1 Å². The Morgan fingerprint density at radius 2 is 2.25 bits per heavy atom. The fourth-order valence-electron chi connectivity index (χ4n) is 1.67. The van der Waals surface area contributed by atoms with E-state index in [0.717, 1.165) is 12.2 Å². The van der Waals surface area contributed by atoms with Crippen LogP contribution in [0, 0.1) is 0 Å². The molecule has 0 fully saturated rings. The van der Waals surface area contributed by atoms with Crippen LogP contribution in [0.2, 0.25) is 0 Å². The van der Waals surface area contributed by atoms with Crippen molar-refractivity contribution < 1.29 is 19.4 Å². The third kappa shape index (κ3) is 6.54. The van der Waals surface area contributed by atoms with Crippen LogP contribution in [0.4, 0.5) is 0 Å². The van der Waals surface area contributed by atoms with Gasteiger partial charge in [0.1, 0.15) is 18.5 Å². The highest BCUT2D eigenvalue weighted by atomic mass is 16.5. The lowest BCUT2D eigenvalue weighted by Crippen LogP contribution is -2.32. The third-order valence-corrected chi connectivity index (χ3v) is 2.86. The van der Waals surface area contributed by atoms with Gasteiger partial charge in [0.15, 0.2) is 0 Å². The number of carbonyl (C=O) groups is 1. The molecule has 5 nitrogen and oxygen atoms in total. The van der Waals surface area contributed by atoms with Gasteiger partial charge in [-0.05, 0) is 24.1 Å². The van der Waals surface area contributed by atoms with Gasteiger partial charge in [0.05, 0.1) is 13.5 Å². The highest BCUT2D eigenvalue weighted by Crippen LogP contribution is 2.13. The number of carbonyl (C=O) groups excluding carboxylic acids is 1. The van der Waals surface area contributed by atoms with Crippen molar-refractivity contribution in [2.75, 3.05) is 26.8 Å². The lowest BCUT2D eigenvalue weighted by atomic mass is 10.2. The van der Waals surface area contributed by atoms with Gasteiger partial charge in [-0.1, -0.05) is 19.1 Å². The first-order valence-corrected chi connectivity index (χ1v) is 6.83. The molecule has 0 radical (unpaired) electrons. The number of esters is 1. The monoisotopic (exact) mass is 281 g/mol. The van der Waals surface area contributed by atoms with Crippen molar-refractivity contribution in [1.82, 2.24) is 5.32 Å². The number of ether oxygens (including phenoxy) is 2. The van der Waals surface area contributed by atoms with Crippen LogP contribution in [-0.4, -0.2) is 44.0 Å². The van der Waals surface area contributed by atoms with Crippen LogP contribution >= 0.6 is 0 Å². The molecule has 2 N–H and O–H groups in total. The van der Waals surface area contributed by atoms with Crippen molar-refractivity contribution in [3.8, 4) is 5.75 Å². The topological polar surface area (TPSA) is 67.8 Å². The molecular weight excluding hydrogens is 258 g/mol. The first-order valence-electron chi connectivity index (χ1n) is 6.83. The molecule has 0 aliphatic heterocycles. The molecule has 0 aromatic heterocycles. The predicted octanol–water partition coefficient (Wildman–Crippen LogP) is 1.14. The van der Waals surface area contributed by atoms with E-state index in [4.69, 9.17) is 4.74 Å². The van der Waals surface area contributed by atoms with Crippen molar-refractivity contribution in [2.45, 2.75) is 25.9 Å². The van der Waals surface area contributed by atoms with Crippen LogP contribution in [0.25, 0.3) is 0 Å². The van der Waals surface area contributed by atoms with E-state index in [1.54, 1.807) is 0 Å². The maximum absolute atomic E-state index is 10.9. The molecule has 0 bridgehead atoms. The lowest BCUT2D eigenvalue weighted by Gasteiger charge is -2.13. The highest BCUT2D eigenvalue weighted by molar-refractivity contribution is 5.69. The summed E-state index contributed by atoms with van der Waals surface area (Å²) in [5.74, 6) is 0.498. The maximum Gasteiger partial charge on any atom is 0.306 e. The van der Waals surface area contributed by atoms with Gasteiger partial charge in [-0.25, -0.2) is 0 Å². The van der Waals surface area contributed by atoms with Crippen LogP contribution in [0.15, 0.2) is 24.3 Å². The first-order chi connectivity index (χ1) is 9.65. The number of methoxy groups -OCH3 is 1. The summed E-state index contributed by atoms with van der Waals surface area (Å²) in [6.07, 6.45) is 0.634. The van der Waals surface area contributed by atoms with Crippen LogP contribution in [0.5, 0.6) is 5.75 Å². The van der Waals surface area contributed by atoms with Crippen molar-refractivity contribution >= 4 is 5.97 Å². The smallest absolute Gasteiger partial charge is 0.306 e. The summed E-state index contributed by atoms with van der Waals surface area (Å²) in [5.41, 5.74) is 1.20. The SMILES string of the molecule is CCc1cccc(OCC(O)CNCCC(=O)OC)c1. The highest BCUT2D eigenvalue weighted by Gasteiger charge is 2.06. The summed E-state index contributed by atoms with van der Waals surface area (Å²) < 4.78 is 10.0. The quantitative estimate of drug-likeness (QED) is 0.525. The molecule has 20 heavy (non-hydrogen) atoms. The van der Waals surface area contributed by atoms with E-state index in [-0.39, 0.29) is 12.6 Å². The van der Waals surface area contributed by atoms with Gasteiger partial charge >= 0.3 is 5.97 Å². The molecule has 0 saturated heterocycles. The van der Waals surface area contributed by atoms with E-state index in [9.17, 15) is 9.90 Å². The first kappa shape index (κ1) is 16.5. The number of rotatable bonds is 9. The average molecular weight is 281 g/mol. The van der Waals surface area contributed by atoms with E-state index in [2.05, 4.69) is 17.0 Å². The van der Waals surface area contributed by atoms with Gasteiger partial charge in [0.25, 0.3) is 0 Å². The standard InChI is InChI=1S/C15H23NO4/c1-3-12-5-4-6-14(9-12)20-11-13(17)10-16-8-7-15(18)19-2/h4-6,9,13,16-17H,3,7-8,10-11H2,1-2H3. The van der Waals surface area contributed by atoms with E-state index >= 15 is 0 Å². The van der Waals surface area contributed by atoms with Crippen molar-refractivity contribution in [3.63, 3.8) is 0 Å². The van der Waals surface area contributed by atoms with Gasteiger partial charge in [-0.2, -0.15) is 0 Å². The minimum atomic E-state index is -0.613. The Bertz CT molecular complexity index is 409. The summed E-state index contributed by atoms with van der Waals surface area (Å²) in [4.78, 5) is 10.9. The number of hydrogen-bond acceptors (Lipinski definition) is 5. The number of aryl methyl sites for hydroxylation is 1. The van der Waals surface area contributed by atoms with Crippen molar-refractivity contribution in [2.24, 2.45) is 0 Å². The maximum atomic E-state index is 10.9. The number of nitrogens with one attached hydrogen (secondary N) is 1. The zero-order valence-corrected chi connectivity index (χ0v) is 12.1. The Morgan fingerprint density at radius 1 is 1.45 bits per heavy atom. The zero-order valence-electron chi connectivity index (χ0n) is 12.1. The fourth-order valence-corrected chi connectivity index (χ4v) is 1.67. The molecule has 5 heteroatoms. The number of benzene rings is 1. The Balaban J connectivity index is 2.19. The molecule has 1 rings (SSSR count). The molecule has 1 aromatic rings. The van der Waals surface area contributed by atoms with Crippen LogP contribution in [0.3, 0.4) is 0 Å². The molecule has 1 aromatic carbocycles. The molecular formula is C15H23NO4. The number of aliphatic hydroxyl groups is 1. The van der Waals surface area contributed by atoms with Crippen molar-refractivity contribution in [1.29, 1.82) is 0 Å². The zero-order chi connectivity index (χ0) is 14.8. The molecule has 1 unspecified atom stereocenters. The normalized spacial score (nSPS) is 11.9. The van der Waals surface area contributed by atoms with Crippen LogP contribution in [-0.2, 0) is 16.0 Å². The molecule has 0 spiro atoms. The fraction of sp³-hybridized carbons (Fsp3) is 0.533. The molecule has 0 amide bonds. The lowest BCUT2D eigenvalue weighted by molar-refractivity contribution is -0.140. The van der Waals surface area contributed by atoms with E-state index < -0.39 is 6.10 Å². The van der Waals surface area contributed by atoms with Gasteiger partial charge in [-0.3, -0.25) is 4.79 Å². The van der Waals surface area contributed by atoms with Gasteiger partial charge in [-0.15, -0.1) is 0 Å². The average Bonchev–Trinajstić information content (AvgIpc) is 2.49. The Morgan fingerprint density at radius 3 is 2.95 bits per heavy atom. The second kappa shape index (κ2) is 9.34. The third-order valence-electron chi connectivity index (χ3n) is 2.86. The Kier molecular flexibility index (Phi) is 7.69. The molecule has 1 atom stereocenters. The summed E-state index contributed by atoms with van der Waals surface area (Å²) in [6, 6.07) is 7.82. The molecule has 0 aliphatic carbocycles. The summed E-state index contributed by atoms with van der Waals surface area (Å²) >= 11 is 0. The van der Waals surface area contributed by atoms with Gasteiger partial charge in [0.2, 0.25) is 0 Å². The van der Waals surface area contributed by atoms with E-state index in [1.807, 2.05) is 24.3 Å². The predicted molar refractivity (Wildman–Crippen MR) is 76.8 cm³/mol. The molecule has 0 heterocycles. The van der Waals surface area contributed by atoms with Crippen LogP contribution < -0.4 is 10.1 Å². The van der Waals surface area contributed by atoms with E-state index in [1.165, 1.54) is 12.7 Å². The van der Waals surface area contributed by atoms with Crippen LogP contribution in [0.1, 0.15) is 18.9 Å². The number of aliphatic hydroxyl groups excluding tert-OH is 1. The van der Waals surface area contributed by atoms with E-state index in [0.29, 0.717) is 19.5 Å². The second-order valence-corrected chi connectivity index (χ2v) is 4.50. The molecule has 0 saturated carbocycles. The molecule has 0 aliphatic rings. The Labute approximate surface area is 119 Å². The minimum Gasteiger partial charge on any atom is -0.491 e. The largest absolute Gasteiger partial charge is 0.491 e.